The molecule has 21 heavy (non-hydrogen) atoms. The molecule has 2 aromatic rings. The third-order valence-corrected chi connectivity index (χ3v) is 4.93. The van der Waals surface area contributed by atoms with Gasteiger partial charge < -0.3 is 9.05 Å². The molecule has 0 spiro atoms. The fraction of sp³-hybridized carbons (Fsp3) is 0.250. The van der Waals surface area contributed by atoms with Crippen molar-refractivity contribution in [2.75, 3.05) is 0 Å². The molecule has 0 unspecified atom stereocenters. The van der Waals surface area contributed by atoms with Crippen molar-refractivity contribution in [1.82, 2.24) is 0 Å². The van der Waals surface area contributed by atoms with Crippen LogP contribution in [-0.4, -0.2) is 0 Å². The number of hydrogen-bond donors (Lipinski definition) is 1. The number of rotatable bonds is 6. The van der Waals surface area contributed by atoms with E-state index in [0.29, 0.717) is 0 Å². The largest absolute Gasteiger partial charge is 0.428 e. The Balaban J connectivity index is 2.20. The summed E-state index contributed by atoms with van der Waals surface area (Å²) in [4.78, 5) is 0. The lowest BCUT2D eigenvalue weighted by Gasteiger charge is -2.21. The molecule has 5 heteroatoms. The van der Waals surface area contributed by atoms with Crippen LogP contribution in [0.2, 0.25) is 0 Å². The molecular formula is C16H19O2PS2. The maximum atomic E-state index is 5.90. The van der Waals surface area contributed by atoms with Crippen LogP contribution in [0.4, 0.5) is 0 Å². The Kier molecular flexibility index (Phi) is 5.74. The SMILES string of the molecule is CCc1ccccc1OP(=S)(S)Oc1ccccc1CC. The topological polar surface area (TPSA) is 18.5 Å². The van der Waals surface area contributed by atoms with Gasteiger partial charge in [0.1, 0.15) is 11.5 Å². The minimum absolute atomic E-state index is 0.757. The average molecular weight is 338 g/mol. The van der Waals surface area contributed by atoms with Crippen molar-refractivity contribution in [2.24, 2.45) is 0 Å². The number of thiol groups is 1. The van der Waals surface area contributed by atoms with Crippen LogP contribution in [0.5, 0.6) is 11.5 Å². The highest BCUT2D eigenvalue weighted by Gasteiger charge is 2.19. The van der Waals surface area contributed by atoms with Crippen LogP contribution in [-0.2, 0) is 24.6 Å². The summed E-state index contributed by atoms with van der Waals surface area (Å²) < 4.78 is 11.8. The first kappa shape index (κ1) is 16.4. The highest BCUT2D eigenvalue weighted by molar-refractivity contribution is 8.60. The summed E-state index contributed by atoms with van der Waals surface area (Å²) in [5, 5.41) is 0. The fourth-order valence-corrected chi connectivity index (χ4v) is 3.94. The molecule has 2 aromatic carbocycles. The third-order valence-electron chi connectivity index (χ3n) is 3.13. The zero-order chi connectivity index (χ0) is 15.3. The van der Waals surface area contributed by atoms with Crippen molar-refractivity contribution in [3.05, 3.63) is 59.7 Å². The Labute approximate surface area is 136 Å². The van der Waals surface area contributed by atoms with Gasteiger partial charge in [-0.2, -0.15) is 0 Å². The molecule has 2 rings (SSSR count). The number of hydrogen-bond acceptors (Lipinski definition) is 3. The predicted octanol–water partition coefficient (Wildman–Crippen LogP) is 5.42. The van der Waals surface area contributed by atoms with Gasteiger partial charge in [0.2, 0.25) is 0 Å². The molecule has 0 aliphatic rings. The van der Waals surface area contributed by atoms with Crippen molar-refractivity contribution in [3.63, 3.8) is 0 Å². The molecule has 0 saturated carbocycles. The normalized spacial score (nSPS) is 11.2. The number of aryl methyl sites for hydroxylation is 2. The van der Waals surface area contributed by atoms with Gasteiger partial charge in [-0.1, -0.05) is 62.5 Å². The minimum Gasteiger partial charge on any atom is -0.428 e. The van der Waals surface area contributed by atoms with E-state index in [9.17, 15) is 0 Å². The van der Waals surface area contributed by atoms with E-state index in [1.54, 1.807) is 0 Å². The molecule has 0 N–H and O–H groups in total. The van der Waals surface area contributed by atoms with E-state index in [0.717, 1.165) is 35.5 Å². The summed E-state index contributed by atoms with van der Waals surface area (Å²) in [6.07, 6.45) is 1.76. The van der Waals surface area contributed by atoms with Crippen LogP contribution in [0.3, 0.4) is 0 Å². The highest BCUT2D eigenvalue weighted by Crippen LogP contribution is 2.54. The van der Waals surface area contributed by atoms with E-state index in [4.69, 9.17) is 20.9 Å². The molecule has 0 heterocycles. The van der Waals surface area contributed by atoms with Gasteiger partial charge >= 0.3 is 5.69 Å². The van der Waals surface area contributed by atoms with Gasteiger partial charge in [-0.25, -0.2) is 0 Å². The van der Waals surface area contributed by atoms with Crippen molar-refractivity contribution < 1.29 is 9.05 Å². The van der Waals surface area contributed by atoms with Gasteiger partial charge in [-0.15, -0.1) is 0 Å². The first-order valence-corrected chi connectivity index (χ1v) is 10.7. The quantitative estimate of drug-likeness (QED) is 0.560. The molecule has 0 aliphatic heterocycles. The Hall–Kier alpha value is -0.960. The summed E-state index contributed by atoms with van der Waals surface area (Å²) in [5.74, 6) is 1.51. The second-order valence-electron chi connectivity index (χ2n) is 4.57. The van der Waals surface area contributed by atoms with E-state index in [1.165, 1.54) is 0 Å². The van der Waals surface area contributed by atoms with Crippen LogP contribution >= 0.6 is 17.9 Å². The Morgan fingerprint density at radius 3 is 1.62 bits per heavy atom. The highest BCUT2D eigenvalue weighted by atomic mass is 32.9. The zero-order valence-electron chi connectivity index (χ0n) is 12.2. The zero-order valence-corrected chi connectivity index (χ0v) is 14.8. The summed E-state index contributed by atoms with van der Waals surface area (Å²) in [5.41, 5.74) is -0.479. The van der Waals surface area contributed by atoms with Gasteiger partial charge in [0, 0.05) is 0 Å². The van der Waals surface area contributed by atoms with Gasteiger partial charge in [0.15, 0.2) is 0 Å². The monoisotopic (exact) mass is 338 g/mol. The molecule has 112 valence electrons. The summed E-state index contributed by atoms with van der Waals surface area (Å²) >= 11 is 9.92. The van der Waals surface area contributed by atoms with E-state index in [1.807, 2.05) is 48.5 Å². The minimum atomic E-state index is -2.69. The maximum Gasteiger partial charge on any atom is 0.345 e. The Morgan fingerprint density at radius 1 is 0.857 bits per heavy atom. The summed E-state index contributed by atoms with van der Waals surface area (Å²) in [6, 6.07) is 15.7. The molecule has 0 aliphatic carbocycles. The van der Waals surface area contributed by atoms with Crippen LogP contribution in [0.25, 0.3) is 0 Å². The average Bonchev–Trinajstić information content (AvgIpc) is 2.47. The molecular weight excluding hydrogens is 319 g/mol. The van der Waals surface area contributed by atoms with Gasteiger partial charge in [-0.05, 0) is 47.9 Å². The Bertz CT molecular complexity index is 605. The molecule has 0 radical (unpaired) electrons. The lowest BCUT2D eigenvalue weighted by Crippen LogP contribution is -1.99. The maximum absolute atomic E-state index is 5.90. The molecule has 0 atom stereocenters. The smallest absolute Gasteiger partial charge is 0.345 e. The third kappa shape index (κ3) is 4.50. The summed E-state index contributed by atoms with van der Waals surface area (Å²) in [7, 11) is 0. The first-order chi connectivity index (χ1) is 10.1. The number of para-hydroxylation sites is 2. The molecule has 0 fully saturated rings. The van der Waals surface area contributed by atoms with Crippen LogP contribution < -0.4 is 9.05 Å². The van der Waals surface area contributed by atoms with Crippen molar-refractivity contribution in [3.8, 4) is 11.5 Å². The summed E-state index contributed by atoms with van der Waals surface area (Å²) in [6.45, 7) is 4.16. The molecule has 0 bridgehead atoms. The van der Waals surface area contributed by atoms with Crippen LogP contribution in [0, 0.1) is 0 Å². The second kappa shape index (κ2) is 7.35. The fourth-order valence-electron chi connectivity index (χ4n) is 2.04. The molecule has 0 amide bonds. The van der Waals surface area contributed by atoms with Crippen molar-refractivity contribution in [1.29, 1.82) is 0 Å². The standard InChI is InChI=1S/C16H19O2PS2/c1-3-13-9-5-7-11-15(13)17-19(20,21)18-16-12-8-6-10-14(16)4-2/h5-12H,3-4H2,1-2H3,(H,20,21). The van der Waals surface area contributed by atoms with E-state index >= 15 is 0 Å². The Morgan fingerprint density at radius 2 is 1.24 bits per heavy atom. The van der Waals surface area contributed by atoms with Gasteiger partial charge in [-0.3, -0.25) is 0 Å². The lowest BCUT2D eigenvalue weighted by atomic mass is 10.1. The van der Waals surface area contributed by atoms with E-state index < -0.39 is 5.69 Å². The first-order valence-electron chi connectivity index (χ1n) is 6.93. The van der Waals surface area contributed by atoms with Gasteiger partial charge in [0.05, 0.1) is 0 Å². The van der Waals surface area contributed by atoms with Crippen LogP contribution in [0.1, 0.15) is 25.0 Å². The van der Waals surface area contributed by atoms with Crippen molar-refractivity contribution in [2.45, 2.75) is 26.7 Å². The van der Waals surface area contributed by atoms with E-state index in [-0.39, 0.29) is 0 Å². The molecule has 2 nitrogen and oxygen atoms in total. The van der Waals surface area contributed by atoms with Gasteiger partial charge in [0.25, 0.3) is 0 Å². The van der Waals surface area contributed by atoms with Crippen LogP contribution in [0.15, 0.2) is 48.5 Å². The second-order valence-corrected chi connectivity index (χ2v) is 9.71. The lowest BCUT2D eigenvalue weighted by molar-refractivity contribution is 0.500. The predicted molar refractivity (Wildman–Crippen MR) is 96.2 cm³/mol. The number of benzene rings is 2. The molecule has 0 aromatic heterocycles. The van der Waals surface area contributed by atoms with Crippen molar-refractivity contribution >= 4 is 29.7 Å². The van der Waals surface area contributed by atoms with E-state index in [2.05, 4.69) is 26.1 Å². The molecule has 0 saturated heterocycles.